The van der Waals surface area contributed by atoms with Gasteiger partial charge in [0.25, 0.3) is 0 Å². The molecule has 1 aliphatic carbocycles. The molecule has 2 fully saturated rings. The van der Waals surface area contributed by atoms with Gasteiger partial charge in [-0.3, -0.25) is 9.79 Å². The molecule has 2 aliphatic rings. The van der Waals surface area contributed by atoms with Crippen LogP contribution in [0.3, 0.4) is 0 Å². The summed E-state index contributed by atoms with van der Waals surface area (Å²) in [6, 6.07) is 0. The van der Waals surface area contributed by atoms with E-state index in [0.29, 0.717) is 6.54 Å². The van der Waals surface area contributed by atoms with Crippen molar-refractivity contribution >= 4 is 11.9 Å². The molecule has 5 nitrogen and oxygen atoms in total. The average Bonchev–Trinajstić information content (AvgIpc) is 2.56. The Labute approximate surface area is 134 Å². The summed E-state index contributed by atoms with van der Waals surface area (Å²) in [5, 5.41) is 6.44. The average molecular weight is 308 g/mol. The molecular formula is C17H32N4O. The van der Waals surface area contributed by atoms with Crippen LogP contribution in [0.25, 0.3) is 0 Å². The van der Waals surface area contributed by atoms with E-state index in [9.17, 15) is 4.79 Å². The van der Waals surface area contributed by atoms with Crippen LogP contribution in [0.1, 0.15) is 51.9 Å². The molecule has 0 aromatic carbocycles. The zero-order valence-electron chi connectivity index (χ0n) is 14.2. The summed E-state index contributed by atoms with van der Waals surface area (Å²) in [4.78, 5) is 18.8. The minimum atomic E-state index is 0.239. The summed E-state index contributed by atoms with van der Waals surface area (Å²) >= 11 is 0. The fourth-order valence-corrected chi connectivity index (χ4v) is 3.42. The summed E-state index contributed by atoms with van der Waals surface area (Å²) in [6.07, 6.45) is 8.29. The Kier molecular flexibility index (Phi) is 7.00. The van der Waals surface area contributed by atoms with Crippen molar-refractivity contribution in [1.29, 1.82) is 0 Å². The van der Waals surface area contributed by atoms with Crippen LogP contribution in [0.4, 0.5) is 0 Å². The third-order valence-electron chi connectivity index (χ3n) is 4.98. The van der Waals surface area contributed by atoms with Crippen LogP contribution in [0.2, 0.25) is 0 Å². The topological polar surface area (TPSA) is 56.7 Å². The van der Waals surface area contributed by atoms with E-state index in [1.54, 1.807) is 0 Å². The summed E-state index contributed by atoms with van der Waals surface area (Å²) in [7, 11) is 1.83. The van der Waals surface area contributed by atoms with Gasteiger partial charge in [0.05, 0.1) is 0 Å². The standard InChI is InChI=1S/C17H32N4O/c1-14-8-12-21(13-9-14)17(18-2)20-11-10-19-16(22)15-6-4-3-5-7-15/h14-15H,3-13H2,1-2H3,(H,18,20)(H,19,22). The molecule has 0 atom stereocenters. The number of piperidine rings is 1. The molecule has 1 heterocycles. The highest BCUT2D eigenvalue weighted by molar-refractivity contribution is 5.80. The summed E-state index contributed by atoms with van der Waals surface area (Å²) < 4.78 is 0. The maximum Gasteiger partial charge on any atom is 0.223 e. The third kappa shape index (κ3) is 5.18. The van der Waals surface area contributed by atoms with Gasteiger partial charge < -0.3 is 15.5 Å². The van der Waals surface area contributed by atoms with E-state index in [4.69, 9.17) is 0 Å². The van der Waals surface area contributed by atoms with Crippen LogP contribution in [-0.4, -0.2) is 50.0 Å². The monoisotopic (exact) mass is 308 g/mol. The maximum absolute atomic E-state index is 12.1. The molecular weight excluding hydrogens is 276 g/mol. The molecule has 1 saturated heterocycles. The lowest BCUT2D eigenvalue weighted by molar-refractivity contribution is -0.125. The number of guanidine groups is 1. The number of likely N-dealkylation sites (tertiary alicyclic amines) is 1. The molecule has 0 bridgehead atoms. The Balaban J connectivity index is 1.63. The lowest BCUT2D eigenvalue weighted by atomic mass is 9.89. The summed E-state index contributed by atoms with van der Waals surface area (Å²) in [6.45, 7) is 5.90. The van der Waals surface area contributed by atoms with Crippen LogP contribution in [0.15, 0.2) is 4.99 Å². The minimum Gasteiger partial charge on any atom is -0.354 e. The highest BCUT2D eigenvalue weighted by Crippen LogP contribution is 2.23. The van der Waals surface area contributed by atoms with Crippen molar-refractivity contribution in [2.24, 2.45) is 16.8 Å². The third-order valence-corrected chi connectivity index (χ3v) is 4.98. The van der Waals surface area contributed by atoms with Gasteiger partial charge >= 0.3 is 0 Å². The Morgan fingerprint density at radius 1 is 1.05 bits per heavy atom. The second kappa shape index (κ2) is 9.01. The smallest absolute Gasteiger partial charge is 0.223 e. The first-order valence-corrected chi connectivity index (χ1v) is 8.94. The number of carbonyl (C=O) groups excluding carboxylic acids is 1. The normalized spacial score (nSPS) is 21.7. The molecule has 2 N–H and O–H groups in total. The lowest BCUT2D eigenvalue weighted by Crippen LogP contribution is -2.47. The number of hydrogen-bond donors (Lipinski definition) is 2. The number of hydrogen-bond acceptors (Lipinski definition) is 2. The van der Waals surface area contributed by atoms with Gasteiger partial charge in [0.2, 0.25) is 5.91 Å². The van der Waals surface area contributed by atoms with E-state index in [2.05, 4.69) is 27.4 Å². The van der Waals surface area contributed by atoms with Crippen molar-refractivity contribution in [3.8, 4) is 0 Å². The zero-order chi connectivity index (χ0) is 15.8. The Hall–Kier alpha value is -1.26. The lowest BCUT2D eigenvalue weighted by Gasteiger charge is -2.33. The van der Waals surface area contributed by atoms with Gasteiger partial charge in [-0.15, -0.1) is 0 Å². The van der Waals surface area contributed by atoms with Crippen molar-refractivity contribution in [1.82, 2.24) is 15.5 Å². The number of aliphatic imine (C=N–C) groups is 1. The van der Waals surface area contributed by atoms with E-state index in [-0.39, 0.29) is 11.8 Å². The van der Waals surface area contributed by atoms with Crippen LogP contribution >= 0.6 is 0 Å². The van der Waals surface area contributed by atoms with Gasteiger partial charge in [0, 0.05) is 39.1 Å². The Bertz CT molecular complexity index is 369. The molecule has 1 amide bonds. The van der Waals surface area contributed by atoms with E-state index >= 15 is 0 Å². The highest BCUT2D eigenvalue weighted by Gasteiger charge is 2.21. The van der Waals surface area contributed by atoms with E-state index in [1.165, 1.54) is 32.1 Å². The highest BCUT2D eigenvalue weighted by atomic mass is 16.1. The quantitative estimate of drug-likeness (QED) is 0.474. The van der Waals surface area contributed by atoms with Crippen LogP contribution in [0, 0.1) is 11.8 Å². The molecule has 0 unspecified atom stereocenters. The molecule has 5 heteroatoms. The number of nitrogens with one attached hydrogen (secondary N) is 2. The first-order chi connectivity index (χ1) is 10.7. The second-order valence-electron chi connectivity index (χ2n) is 6.77. The van der Waals surface area contributed by atoms with Crippen molar-refractivity contribution in [3.63, 3.8) is 0 Å². The molecule has 1 saturated carbocycles. The molecule has 0 spiro atoms. The number of rotatable bonds is 4. The minimum absolute atomic E-state index is 0.239. The molecule has 0 aromatic heterocycles. The van der Waals surface area contributed by atoms with Crippen LogP contribution < -0.4 is 10.6 Å². The van der Waals surface area contributed by atoms with Crippen LogP contribution in [0.5, 0.6) is 0 Å². The number of carbonyl (C=O) groups is 1. The predicted octanol–water partition coefficient (Wildman–Crippen LogP) is 1.99. The number of nitrogens with zero attached hydrogens (tertiary/aromatic N) is 2. The Morgan fingerprint density at radius 3 is 2.32 bits per heavy atom. The van der Waals surface area contributed by atoms with Crippen molar-refractivity contribution in [2.75, 3.05) is 33.2 Å². The zero-order valence-corrected chi connectivity index (χ0v) is 14.2. The van der Waals surface area contributed by atoms with E-state index in [1.807, 2.05) is 7.05 Å². The molecule has 1 aliphatic heterocycles. The summed E-state index contributed by atoms with van der Waals surface area (Å²) in [5.41, 5.74) is 0. The molecule has 0 aromatic rings. The molecule has 0 radical (unpaired) electrons. The van der Waals surface area contributed by atoms with Gasteiger partial charge in [-0.25, -0.2) is 0 Å². The van der Waals surface area contributed by atoms with Gasteiger partial charge in [-0.1, -0.05) is 26.2 Å². The first-order valence-electron chi connectivity index (χ1n) is 8.94. The fraction of sp³-hybridized carbons (Fsp3) is 0.882. The number of amides is 1. The largest absolute Gasteiger partial charge is 0.354 e. The van der Waals surface area contributed by atoms with Crippen molar-refractivity contribution < 1.29 is 4.79 Å². The predicted molar refractivity (Wildman–Crippen MR) is 90.9 cm³/mol. The van der Waals surface area contributed by atoms with Gasteiger partial charge in [0.15, 0.2) is 5.96 Å². The van der Waals surface area contributed by atoms with E-state index in [0.717, 1.165) is 44.4 Å². The van der Waals surface area contributed by atoms with Crippen molar-refractivity contribution in [3.05, 3.63) is 0 Å². The first kappa shape index (κ1) is 17.1. The molecule has 2 rings (SSSR count). The SMILES string of the molecule is CN=C(NCCNC(=O)C1CCCCC1)N1CCC(C)CC1. The van der Waals surface area contributed by atoms with Gasteiger partial charge in [-0.05, 0) is 31.6 Å². The maximum atomic E-state index is 12.1. The van der Waals surface area contributed by atoms with Crippen LogP contribution in [-0.2, 0) is 4.79 Å². The summed E-state index contributed by atoms with van der Waals surface area (Å²) in [5.74, 6) is 2.28. The second-order valence-corrected chi connectivity index (χ2v) is 6.77. The van der Waals surface area contributed by atoms with E-state index < -0.39 is 0 Å². The van der Waals surface area contributed by atoms with Crippen molar-refractivity contribution in [2.45, 2.75) is 51.9 Å². The Morgan fingerprint density at radius 2 is 1.68 bits per heavy atom. The van der Waals surface area contributed by atoms with Gasteiger partial charge in [-0.2, -0.15) is 0 Å². The van der Waals surface area contributed by atoms with Gasteiger partial charge in [0.1, 0.15) is 0 Å². The fourth-order valence-electron chi connectivity index (χ4n) is 3.42. The molecule has 126 valence electrons. The molecule has 22 heavy (non-hydrogen) atoms.